The van der Waals surface area contributed by atoms with Gasteiger partial charge in [-0.3, -0.25) is 5.32 Å². The van der Waals surface area contributed by atoms with E-state index in [1.54, 1.807) is 0 Å². The van der Waals surface area contributed by atoms with E-state index in [2.05, 4.69) is 38.3 Å². The van der Waals surface area contributed by atoms with Crippen LogP contribution in [0.1, 0.15) is 27.7 Å². The summed E-state index contributed by atoms with van der Waals surface area (Å²) in [5.41, 5.74) is 5.78. The van der Waals surface area contributed by atoms with Crippen molar-refractivity contribution >= 4 is 11.8 Å². The third-order valence-electron chi connectivity index (χ3n) is 3.34. The number of rotatable bonds is 0. The summed E-state index contributed by atoms with van der Waals surface area (Å²) in [6.45, 7) is 9.90. The highest BCUT2D eigenvalue weighted by atomic mass is 32.2. The lowest BCUT2D eigenvalue weighted by Crippen LogP contribution is -2.21. The van der Waals surface area contributed by atoms with Gasteiger partial charge in [0.25, 0.3) is 0 Å². The van der Waals surface area contributed by atoms with Crippen LogP contribution in [0.2, 0.25) is 0 Å². The molecule has 0 aromatic rings. The van der Waals surface area contributed by atoms with Gasteiger partial charge in [0, 0.05) is 10.9 Å². The maximum Gasteiger partial charge on any atom is 0.0958 e. The second kappa shape index (κ2) is 3.63. The van der Waals surface area contributed by atoms with Gasteiger partial charge in [-0.15, -0.1) is 11.8 Å². The Labute approximate surface area is 90.2 Å². The fraction of sp³-hybridized carbons (Fsp3) is 0.636. The first-order valence-electron chi connectivity index (χ1n) is 5.12. The number of hydrogen-bond donors (Lipinski definition) is 2. The van der Waals surface area contributed by atoms with Crippen molar-refractivity contribution in [2.24, 2.45) is 0 Å². The van der Waals surface area contributed by atoms with Gasteiger partial charge in [-0.2, -0.15) is 0 Å². The smallest absolute Gasteiger partial charge is 0.0958 e. The molecule has 0 amide bonds. The number of allylic oxidation sites excluding steroid dienone is 2. The van der Waals surface area contributed by atoms with Crippen LogP contribution in [0.5, 0.6) is 0 Å². The van der Waals surface area contributed by atoms with Crippen molar-refractivity contribution in [2.75, 3.05) is 6.67 Å². The van der Waals surface area contributed by atoms with Crippen molar-refractivity contribution in [1.29, 1.82) is 0 Å². The molecular weight excluding hydrogens is 192 g/mol. The topological polar surface area (TPSA) is 24.1 Å². The third-order valence-corrected chi connectivity index (χ3v) is 4.77. The van der Waals surface area contributed by atoms with Gasteiger partial charge in [0.1, 0.15) is 0 Å². The van der Waals surface area contributed by atoms with Crippen molar-refractivity contribution in [2.45, 2.75) is 38.3 Å². The second-order valence-corrected chi connectivity index (χ2v) is 5.51. The zero-order valence-corrected chi connectivity index (χ0v) is 10.1. The second-order valence-electron chi connectivity index (χ2n) is 4.06. The lowest BCUT2D eigenvalue weighted by molar-refractivity contribution is 0.794. The molecular formula is C11H18N2S. The molecule has 1 saturated heterocycles. The lowest BCUT2D eigenvalue weighted by atomic mass is 10.0. The van der Waals surface area contributed by atoms with Crippen LogP contribution in [0, 0.1) is 0 Å². The van der Waals surface area contributed by atoms with Crippen molar-refractivity contribution < 1.29 is 0 Å². The monoisotopic (exact) mass is 210 g/mol. The molecule has 0 aliphatic carbocycles. The largest absolute Gasteiger partial charge is 0.374 e. The molecule has 1 fully saturated rings. The van der Waals surface area contributed by atoms with Crippen LogP contribution in [-0.4, -0.2) is 17.3 Å². The summed E-state index contributed by atoms with van der Waals surface area (Å²) >= 11 is 2.00. The predicted octanol–water partition coefficient (Wildman–Crippen LogP) is 2.21. The van der Waals surface area contributed by atoms with E-state index in [4.69, 9.17) is 0 Å². The minimum atomic E-state index is 0.470. The van der Waals surface area contributed by atoms with Crippen LogP contribution in [-0.2, 0) is 0 Å². The number of thioether (sulfide) groups is 1. The van der Waals surface area contributed by atoms with E-state index in [9.17, 15) is 0 Å². The highest BCUT2D eigenvalue weighted by molar-refractivity contribution is 8.00. The molecule has 2 N–H and O–H groups in total. The Morgan fingerprint density at radius 1 is 1.21 bits per heavy atom. The molecule has 14 heavy (non-hydrogen) atoms. The molecule has 0 aromatic carbocycles. The fourth-order valence-electron chi connectivity index (χ4n) is 1.99. The third kappa shape index (κ3) is 1.48. The van der Waals surface area contributed by atoms with Crippen LogP contribution in [0.15, 0.2) is 22.4 Å². The number of nitrogens with one attached hydrogen (secondary N) is 2. The molecule has 2 aliphatic rings. The SMILES string of the molecule is CC1=C(C)C(C)SC2NCNC2=C1C. The van der Waals surface area contributed by atoms with E-state index in [0.29, 0.717) is 10.6 Å². The van der Waals surface area contributed by atoms with Gasteiger partial charge in [-0.05, 0) is 38.8 Å². The Morgan fingerprint density at radius 2 is 1.93 bits per heavy atom. The van der Waals surface area contributed by atoms with Gasteiger partial charge < -0.3 is 5.32 Å². The van der Waals surface area contributed by atoms with E-state index < -0.39 is 0 Å². The van der Waals surface area contributed by atoms with Gasteiger partial charge in [0.15, 0.2) is 0 Å². The highest BCUT2D eigenvalue weighted by Gasteiger charge is 2.28. The first-order valence-corrected chi connectivity index (χ1v) is 6.06. The van der Waals surface area contributed by atoms with Crippen molar-refractivity contribution in [3.05, 3.63) is 22.4 Å². The quantitative estimate of drug-likeness (QED) is 0.641. The Kier molecular flexibility index (Phi) is 2.62. The standard InChI is InChI=1S/C11H18N2S/c1-6-7(2)9(4)14-11-10(8(6)3)12-5-13-11/h9,11-13H,5H2,1-4H3. The van der Waals surface area contributed by atoms with E-state index in [-0.39, 0.29) is 0 Å². The summed E-state index contributed by atoms with van der Waals surface area (Å²) in [5, 5.41) is 7.98. The first kappa shape index (κ1) is 10.1. The summed E-state index contributed by atoms with van der Waals surface area (Å²) < 4.78 is 0. The van der Waals surface area contributed by atoms with Crippen LogP contribution in [0.4, 0.5) is 0 Å². The normalized spacial score (nSPS) is 32.9. The molecule has 78 valence electrons. The van der Waals surface area contributed by atoms with Gasteiger partial charge >= 0.3 is 0 Å². The first-order chi connectivity index (χ1) is 6.61. The maximum absolute atomic E-state index is 3.47. The van der Waals surface area contributed by atoms with Crippen molar-refractivity contribution in [3.8, 4) is 0 Å². The van der Waals surface area contributed by atoms with Gasteiger partial charge in [0.05, 0.1) is 12.0 Å². The van der Waals surface area contributed by atoms with E-state index in [1.807, 2.05) is 11.8 Å². The van der Waals surface area contributed by atoms with Crippen LogP contribution < -0.4 is 10.6 Å². The molecule has 3 heteroatoms. The summed E-state index contributed by atoms with van der Waals surface area (Å²) in [5.74, 6) is 0. The lowest BCUT2D eigenvalue weighted by Gasteiger charge is -2.15. The Bertz CT molecular complexity index is 317. The van der Waals surface area contributed by atoms with Crippen LogP contribution >= 0.6 is 11.8 Å². The molecule has 2 heterocycles. The number of hydrogen-bond acceptors (Lipinski definition) is 3. The fourth-order valence-corrected chi connectivity index (χ4v) is 3.35. The molecule has 0 bridgehead atoms. The van der Waals surface area contributed by atoms with Crippen molar-refractivity contribution in [1.82, 2.24) is 10.6 Å². The average Bonchev–Trinajstić information content (AvgIpc) is 2.59. The van der Waals surface area contributed by atoms with E-state index in [0.717, 1.165) is 6.67 Å². The Morgan fingerprint density at radius 3 is 2.64 bits per heavy atom. The minimum absolute atomic E-state index is 0.470. The van der Waals surface area contributed by atoms with Gasteiger partial charge in [-0.1, -0.05) is 5.57 Å². The molecule has 2 rings (SSSR count). The summed E-state index contributed by atoms with van der Waals surface area (Å²) in [7, 11) is 0. The highest BCUT2D eigenvalue weighted by Crippen LogP contribution is 2.36. The number of fused-ring (bicyclic) bond motifs is 1. The molecule has 0 saturated carbocycles. The molecule has 0 spiro atoms. The zero-order valence-electron chi connectivity index (χ0n) is 9.27. The van der Waals surface area contributed by atoms with Gasteiger partial charge in [-0.25, -0.2) is 0 Å². The summed E-state index contributed by atoms with van der Waals surface area (Å²) in [6.07, 6.45) is 0. The van der Waals surface area contributed by atoms with E-state index >= 15 is 0 Å². The van der Waals surface area contributed by atoms with Crippen molar-refractivity contribution in [3.63, 3.8) is 0 Å². The molecule has 2 aliphatic heterocycles. The van der Waals surface area contributed by atoms with E-state index in [1.165, 1.54) is 22.4 Å². The van der Waals surface area contributed by atoms with Crippen LogP contribution in [0.25, 0.3) is 0 Å². The molecule has 2 unspecified atom stereocenters. The minimum Gasteiger partial charge on any atom is -0.374 e. The molecule has 2 atom stereocenters. The molecule has 0 radical (unpaired) electrons. The molecule has 0 aromatic heterocycles. The molecule has 2 nitrogen and oxygen atoms in total. The van der Waals surface area contributed by atoms with Gasteiger partial charge in [0.2, 0.25) is 0 Å². The summed E-state index contributed by atoms with van der Waals surface area (Å²) in [6, 6.07) is 0. The maximum atomic E-state index is 3.47. The zero-order chi connectivity index (χ0) is 10.3. The summed E-state index contributed by atoms with van der Waals surface area (Å²) in [4.78, 5) is 0. The predicted molar refractivity (Wildman–Crippen MR) is 63.1 cm³/mol. The average molecular weight is 210 g/mol. The van der Waals surface area contributed by atoms with Crippen LogP contribution in [0.3, 0.4) is 0 Å². The Balaban J connectivity index is 2.44. The Hall–Kier alpha value is -0.410.